The van der Waals surface area contributed by atoms with Gasteiger partial charge in [-0.1, -0.05) is 0 Å². The Labute approximate surface area is 125 Å². The average Bonchev–Trinajstić information content (AvgIpc) is 2.50. The van der Waals surface area contributed by atoms with Gasteiger partial charge < -0.3 is 15.0 Å². The first kappa shape index (κ1) is 15.6. The third kappa shape index (κ3) is 3.86. The third-order valence-electron chi connectivity index (χ3n) is 3.92. The van der Waals surface area contributed by atoms with Crippen molar-refractivity contribution in [1.82, 2.24) is 10.2 Å². The molecule has 2 rings (SSSR count). The molecule has 21 heavy (non-hydrogen) atoms. The number of amides is 2. The highest BCUT2D eigenvalue weighted by Gasteiger charge is 2.27. The predicted octanol–water partition coefficient (Wildman–Crippen LogP) is 2.96. The van der Waals surface area contributed by atoms with Crippen LogP contribution in [0.2, 0.25) is 0 Å². The second-order valence-electron chi connectivity index (χ2n) is 5.34. The Bertz CT molecular complexity index is 493. The summed E-state index contributed by atoms with van der Waals surface area (Å²) in [6.07, 6.45) is 3.52. The van der Waals surface area contributed by atoms with Gasteiger partial charge in [-0.15, -0.1) is 0 Å². The molecule has 0 aromatic heterocycles. The fourth-order valence-electron chi connectivity index (χ4n) is 2.82. The van der Waals surface area contributed by atoms with Crippen LogP contribution in [-0.2, 0) is 6.42 Å². The highest BCUT2D eigenvalue weighted by Crippen LogP contribution is 2.24. The summed E-state index contributed by atoms with van der Waals surface area (Å²) in [6.45, 7) is 3.25. The molecule has 1 aliphatic heterocycles. The molecule has 0 radical (unpaired) electrons. The minimum atomic E-state index is -0.239. The van der Waals surface area contributed by atoms with Crippen molar-refractivity contribution >= 4 is 6.03 Å². The summed E-state index contributed by atoms with van der Waals surface area (Å²) in [5.74, 6) is 0.406. The number of carbonyl (C=O) groups excluding carboxylic acids is 1. The molecule has 0 bridgehead atoms. The first-order valence-corrected chi connectivity index (χ1v) is 7.52. The van der Waals surface area contributed by atoms with Crippen molar-refractivity contribution in [2.24, 2.45) is 0 Å². The number of benzene rings is 1. The summed E-state index contributed by atoms with van der Waals surface area (Å²) in [5, 5.41) is 2.84. The number of piperidine rings is 1. The van der Waals surface area contributed by atoms with E-state index in [0.29, 0.717) is 24.3 Å². The lowest BCUT2D eigenvalue weighted by Crippen LogP contribution is -2.49. The van der Waals surface area contributed by atoms with E-state index in [1.54, 1.807) is 19.2 Å². The number of hydrogen-bond acceptors (Lipinski definition) is 2. The number of halogens is 1. The number of urea groups is 1. The van der Waals surface area contributed by atoms with E-state index in [1.165, 1.54) is 6.07 Å². The molecule has 1 saturated heterocycles. The van der Waals surface area contributed by atoms with Crippen LogP contribution in [0.15, 0.2) is 18.2 Å². The molecular formula is C16H23FN2O2. The molecule has 4 nitrogen and oxygen atoms in total. The van der Waals surface area contributed by atoms with E-state index in [1.807, 2.05) is 11.8 Å². The fraction of sp³-hybridized carbons (Fsp3) is 0.562. The molecule has 5 heteroatoms. The topological polar surface area (TPSA) is 41.6 Å². The van der Waals surface area contributed by atoms with E-state index in [4.69, 9.17) is 4.74 Å². The predicted molar refractivity (Wildman–Crippen MR) is 80.1 cm³/mol. The monoisotopic (exact) mass is 294 g/mol. The molecule has 1 heterocycles. The van der Waals surface area contributed by atoms with Crippen LogP contribution in [0.5, 0.6) is 5.75 Å². The third-order valence-corrected chi connectivity index (χ3v) is 3.92. The van der Waals surface area contributed by atoms with Crippen LogP contribution < -0.4 is 10.1 Å². The van der Waals surface area contributed by atoms with E-state index in [2.05, 4.69) is 5.32 Å². The summed E-state index contributed by atoms with van der Waals surface area (Å²) in [5.41, 5.74) is 0.607. The van der Waals surface area contributed by atoms with E-state index in [-0.39, 0.29) is 17.9 Å². The zero-order chi connectivity index (χ0) is 15.2. The van der Waals surface area contributed by atoms with Gasteiger partial charge in [0.15, 0.2) is 0 Å². The molecule has 2 amide bonds. The number of hydrogen-bond donors (Lipinski definition) is 1. The molecular weight excluding hydrogens is 271 g/mol. The van der Waals surface area contributed by atoms with Gasteiger partial charge in [-0.05, 0) is 56.4 Å². The van der Waals surface area contributed by atoms with Crippen LogP contribution in [0, 0.1) is 5.82 Å². The maximum atomic E-state index is 14.0. The summed E-state index contributed by atoms with van der Waals surface area (Å²) >= 11 is 0. The summed E-state index contributed by atoms with van der Waals surface area (Å²) in [7, 11) is 1.57. The van der Waals surface area contributed by atoms with Crippen molar-refractivity contribution in [2.75, 3.05) is 20.2 Å². The fourth-order valence-corrected chi connectivity index (χ4v) is 2.82. The van der Waals surface area contributed by atoms with Crippen molar-refractivity contribution in [3.63, 3.8) is 0 Å². The van der Waals surface area contributed by atoms with E-state index in [0.717, 1.165) is 25.8 Å². The number of nitrogens with one attached hydrogen (secondary N) is 1. The highest BCUT2D eigenvalue weighted by molar-refractivity contribution is 5.74. The van der Waals surface area contributed by atoms with Gasteiger partial charge in [-0.25, -0.2) is 9.18 Å². The smallest absolute Gasteiger partial charge is 0.317 e. The Morgan fingerprint density at radius 3 is 3.00 bits per heavy atom. The van der Waals surface area contributed by atoms with Crippen LogP contribution >= 0.6 is 0 Å². The maximum Gasteiger partial charge on any atom is 0.317 e. The van der Waals surface area contributed by atoms with Crippen LogP contribution in [-0.4, -0.2) is 37.2 Å². The minimum absolute atomic E-state index is 0.0481. The van der Waals surface area contributed by atoms with E-state index in [9.17, 15) is 9.18 Å². The number of ether oxygens (including phenoxy) is 1. The van der Waals surface area contributed by atoms with Crippen molar-refractivity contribution in [2.45, 2.75) is 38.6 Å². The number of carbonyl (C=O) groups is 1. The molecule has 1 aromatic carbocycles. The molecule has 0 aliphatic carbocycles. The normalized spacial score (nSPS) is 18.4. The minimum Gasteiger partial charge on any atom is -0.497 e. The highest BCUT2D eigenvalue weighted by atomic mass is 19.1. The number of likely N-dealkylation sites (tertiary alicyclic amines) is 1. The first-order chi connectivity index (χ1) is 10.2. The lowest BCUT2D eigenvalue weighted by atomic mass is 9.95. The van der Waals surface area contributed by atoms with Crippen molar-refractivity contribution < 1.29 is 13.9 Å². The van der Waals surface area contributed by atoms with Crippen LogP contribution in [0.3, 0.4) is 0 Å². The second kappa shape index (κ2) is 7.29. The Hall–Kier alpha value is -1.78. The second-order valence-corrected chi connectivity index (χ2v) is 5.34. The molecule has 1 N–H and O–H groups in total. The Kier molecular flexibility index (Phi) is 5.42. The van der Waals surface area contributed by atoms with Crippen molar-refractivity contribution in [3.05, 3.63) is 29.6 Å². The lowest BCUT2D eigenvalue weighted by molar-refractivity contribution is 0.150. The average molecular weight is 294 g/mol. The molecule has 1 atom stereocenters. The number of nitrogens with zero attached hydrogens (tertiary/aromatic N) is 1. The van der Waals surface area contributed by atoms with Gasteiger partial charge in [0.05, 0.1) is 7.11 Å². The van der Waals surface area contributed by atoms with Gasteiger partial charge in [0.25, 0.3) is 0 Å². The standard InChI is InChI=1S/C16H23FN2O2/c1-3-18-16(20)19-9-5-4-6-13(19)10-12-11-14(21-2)7-8-15(12)17/h7-8,11,13H,3-6,9-10H2,1-2H3,(H,18,20). The zero-order valence-electron chi connectivity index (χ0n) is 12.7. The van der Waals surface area contributed by atoms with Gasteiger partial charge in [0.2, 0.25) is 0 Å². The van der Waals surface area contributed by atoms with Gasteiger partial charge >= 0.3 is 6.03 Å². The van der Waals surface area contributed by atoms with E-state index < -0.39 is 0 Å². The van der Waals surface area contributed by atoms with Crippen molar-refractivity contribution in [1.29, 1.82) is 0 Å². The van der Waals surface area contributed by atoms with Crippen LogP contribution in [0.1, 0.15) is 31.7 Å². The first-order valence-electron chi connectivity index (χ1n) is 7.52. The molecule has 0 saturated carbocycles. The molecule has 1 fully saturated rings. The van der Waals surface area contributed by atoms with Crippen molar-refractivity contribution in [3.8, 4) is 5.75 Å². The molecule has 1 aliphatic rings. The summed E-state index contributed by atoms with van der Waals surface area (Å²) in [4.78, 5) is 13.9. The molecule has 1 unspecified atom stereocenters. The Morgan fingerprint density at radius 1 is 1.48 bits per heavy atom. The molecule has 0 spiro atoms. The van der Waals surface area contributed by atoms with Gasteiger partial charge in [0, 0.05) is 19.1 Å². The zero-order valence-corrected chi connectivity index (χ0v) is 12.7. The van der Waals surface area contributed by atoms with Gasteiger partial charge in [-0.2, -0.15) is 0 Å². The Balaban J connectivity index is 2.13. The van der Waals surface area contributed by atoms with E-state index >= 15 is 0 Å². The number of methoxy groups -OCH3 is 1. The Morgan fingerprint density at radius 2 is 2.29 bits per heavy atom. The largest absolute Gasteiger partial charge is 0.497 e. The van der Waals surface area contributed by atoms with Gasteiger partial charge in [0.1, 0.15) is 11.6 Å². The molecule has 1 aromatic rings. The quantitative estimate of drug-likeness (QED) is 0.927. The molecule has 116 valence electrons. The number of rotatable bonds is 4. The van der Waals surface area contributed by atoms with Crippen LogP contribution in [0.25, 0.3) is 0 Å². The summed E-state index contributed by atoms with van der Waals surface area (Å²) < 4.78 is 19.1. The van der Waals surface area contributed by atoms with Crippen LogP contribution in [0.4, 0.5) is 9.18 Å². The lowest BCUT2D eigenvalue weighted by Gasteiger charge is -2.36. The summed E-state index contributed by atoms with van der Waals surface area (Å²) in [6, 6.07) is 4.76. The van der Waals surface area contributed by atoms with Gasteiger partial charge in [-0.3, -0.25) is 0 Å². The SMILES string of the molecule is CCNC(=O)N1CCCCC1Cc1cc(OC)ccc1F. The maximum absolute atomic E-state index is 14.0.